The molecule has 2 atom stereocenters. The highest BCUT2D eigenvalue weighted by Crippen LogP contribution is 2.18. The van der Waals surface area contributed by atoms with E-state index >= 15 is 0 Å². The molecule has 3 nitrogen and oxygen atoms in total. The molecule has 0 aromatic carbocycles. The topological polar surface area (TPSA) is 49.3 Å². The zero-order chi connectivity index (χ0) is 5.98. The summed E-state index contributed by atoms with van der Waals surface area (Å²) in [5.41, 5.74) is 0. The van der Waals surface area contributed by atoms with Gasteiger partial charge in [0.15, 0.2) is 0 Å². The molecule has 0 aliphatic heterocycles. The van der Waals surface area contributed by atoms with Crippen LogP contribution in [0.2, 0.25) is 0 Å². The molecule has 1 saturated carbocycles. The maximum absolute atomic E-state index is 9.61. The molecule has 0 heterocycles. The van der Waals surface area contributed by atoms with Crippen molar-refractivity contribution >= 4 is 6.41 Å². The van der Waals surface area contributed by atoms with Gasteiger partial charge in [-0.25, -0.2) is 0 Å². The molecule has 1 radical (unpaired) electrons. The lowest BCUT2D eigenvalue weighted by atomic mass is 9.90. The van der Waals surface area contributed by atoms with Crippen LogP contribution in [-0.4, -0.2) is 23.7 Å². The lowest BCUT2D eigenvalue weighted by molar-refractivity contribution is 0.0592. The zero-order valence-corrected chi connectivity index (χ0v) is 4.42. The average Bonchev–Trinajstić information content (AvgIpc) is 1.79. The van der Waals surface area contributed by atoms with Crippen molar-refractivity contribution in [3.05, 3.63) is 0 Å². The van der Waals surface area contributed by atoms with Gasteiger partial charge in [-0.3, -0.25) is 4.79 Å². The minimum absolute atomic E-state index is 0.0208. The van der Waals surface area contributed by atoms with Crippen LogP contribution in [0.15, 0.2) is 0 Å². The molecule has 8 heavy (non-hydrogen) atoms. The van der Waals surface area contributed by atoms with Crippen LogP contribution >= 0.6 is 0 Å². The van der Waals surface area contributed by atoms with E-state index in [0.717, 1.165) is 12.8 Å². The van der Waals surface area contributed by atoms with E-state index < -0.39 is 0 Å². The summed E-state index contributed by atoms with van der Waals surface area (Å²) in [6, 6.07) is -0.0208. The molecular formula is C5H8NO2. The van der Waals surface area contributed by atoms with Crippen LogP contribution in [0.25, 0.3) is 0 Å². The van der Waals surface area contributed by atoms with Gasteiger partial charge in [-0.1, -0.05) is 0 Å². The van der Waals surface area contributed by atoms with E-state index in [4.69, 9.17) is 5.11 Å². The monoisotopic (exact) mass is 114 g/mol. The number of nitrogens with one attached hydrogen (secondary N) is 1. The van der Waals surface area contributed by atoms with Crippen molar-refractivity contribution in [2.45, 2.75) is 25.0 Å². The molecule has 1 fully saturated rings. The van der Waals surface area contributed by atoms with Crippen molar-refractivity contribution in [2.24, 2.45) is 0 Å². The second kappa shape index (κ2) is 2.13. The van der Waals surface area contributed by atoms with E-state index in [0.29, 0.717) is 0 Å². The van der Waals surface area contributed by atoms with Gasteiger partial charge in [-0.05, 0) is 12.8 Å². The fourth-order valence-electron chi connectivity index (χ4n) is 0.726. The fourth-order valence-corrected chi connectivity index (χ4v) is 0.726. The Balaban J connectivity index is 2.16. The third-order valence-electron chi connectivity index (χ3n) is 1.48. The third kappa shape index (κ3) is 0.816. The lowest BCUT2D eigenvalue weighted by Gasteiger charge is -2.30. The van der Waals surface area contributed by atoms with Gasteiger partial charge in [0.2, 0.25) is 0 Å². The first-order valence-corrected chi connectivity index (χ1v) is 2.65. The van der Waals surface area contributed by atoms with E-state index in [9.17, 15) is 4.79 Å². The molecule has 0 aromatic rings. The van der Waals surface area contributed by atoms with E-state index in [2.05, 4.69) is 5.32 Å². The van der Waals surface area contributed by atoms with Crippen LogP contribution in [0.5, 0.6) is 0 Å². The summed E-state index contributed by atoms with van der Waals surface area (Å²) in [6.07, 6.45) is 2.91. The molecule has 0 aromatic heterocycles. The Kier molecular flexibility index (Phi) is 1.48. The summed E-state index contributed by atoms with van der Waals surface area (Å²) in [5, 5.41) is 11.2. The van der Waals surface area contributed by atoms with Gasteiger partial charge >= 0.3 is 6.41 Å². The van der Waals surface area contributed by atoms with Crippen molar-refractivity contribution in [3.8, 4) is 0 Å². The predicted molar refractivity (Wildman–Crippen MR) is 27.9 cm³/mol. The van der Waals surface area contributed by atoms with Gasteiger partial charge in [0.1, 0.15) is 0 Å². The first-order valence-electron chi connectivity index (χ1n) is 2.65. The average molecular weight is 114 g/mol. The molecule has 45 valence electrons. The Morgan fingerprint density at radius 1 is 1.62 bits per heavy atom. The van der Waals surface area contributed by atoms with Crippen LogP contribution in [-0.2, 0) is 4.79 Å². The first kappa shape index (κ1) is 5.56. The van der Waals surface area contributed by atoms with Gasteiger partial charge in [0, 0.05) is 0 Å². The van der Waals surface area contributed by atoms with Gasteiger partial charge in [-0.2, -0.15) is 0 Å². The molecule has 1 aliphatic carbocycles. The molecule has 1 aliphatic rings. The van der Waals surface area contributed by atoms with E-state index in [1.165, 1.54) is 0 Å². The molecule has 1 amide bonds. The SMILES string of the molecule is O=[C]NC1CCC1O. The Labute approximate surface area is 47.7 Å². The maximum atomic E-state index is 9.61. The summed E-state index contributed by atoms with van der Waals surface area (Å²) in [4.78, 5) is 9.61. The highest BCUT2D eigenvalue weighted by Gasteiger charge is 2.27. The Morgan fingerprint density at radius 3 is 2.50 bits per heavy atom. The van der Waals surface area contributed by atoms with Gasteiger partial charge in [0.05, 0.1) is 12.1 Å². The molecule has 0 bridgehead atoms. The van der Waals surface area contributed by atoms with Crippen LogP contribution in [0, 0.1) is 0 Å². The molecule has 0 saturated heterocycles. The van der Waals surface area contributed by atoms with Crippen molar-refractivity contribution in [1.29, 1.82) is 0 Å². The number of carbonyl (C=O) groups excluding carboxylic acids is 1. The predicted octanol–water partition coefficient (Wildman–Crippen LogP) is -0.834. The molecule has 2 unspecified atom stereocenters. The number of aliphatic hydroxyl groups excluding tert-OH is 1. The number of amides is 1. The minimum atomic E-state index is -0.323. The van der Waals surface area contributed by atoms with Gasteiger partial charge < -0.3 is 10.4 Å². The van der Waals surface area contributed by atoms with Crippen LogP contribution < -0.4 is 5.32 Å². The minimum Gasteiger partial charge on any atom is -0.391 e. The molecular weight excluding hydrogens is 106 g/mol. The van der Waals surface area contributed by atoms with Crippen LogP contribution in [0.3, 0.4) is 0 Å². The van der Waals surface area contributed by atoms with Crippen LogP contribution in [0.4, 0.5) is 0 Å². The molecule has 3 heteroatoms. The highest BCUT2D eigenvalue weighted by atomic mass is 16.3. The third-order valence-corrected chi connectivity index (χ3v) is 1.48. The number of hydrogen-bond acceptors (Lipinski definition) is 2. The molecule has 1 rings (SSSR count). The summed E-state index contributed by atoms with van der Waals surface area (Å²) < 4.78 is 0. The smallest absolute Gasteiger partial charge is 0.309 e. The number of rotatable bonds is 2. The van der Waals surface area contributed by atoms with Crippen molar-refractivity contribution in [2.75, 3.05) is 0 Å². The normalized spacial score (nSPS) is 35.6. The molecule has 0 spiro atoms. The summed E-state index contributed by atoms with van der Waals surface area (Å²) in [5.74, 6) is 0. The zero-order valence-electron chi connectivity index (χ0n) is 4.42. The summed E-state index contributed by atoms with van der Waals surface area (Å²) in [6.45, 7) is 0. The van der Waals surface area contributed by atoms with Crippen molar-refractivity contribution in [3.63, 3.8) is 0 Å². The Morgan fingerprint density at radius 2 is 2.38 bits per heavy atom. The first-order chi connectivity index (χ1) is 3.84. The largest absolute Gasteiger partial charge is 0.391 e. The lowest BCUT2D eigenvalue weighted by Crippen LogP contribution is -2.47. The number of aliphatic hydroxyl groups is 1. The standard InChI is InChI=1S/C5H8NO2/c7-3-6-4-1-2-5(4)8/h4-5,8H,1-2H2,(H,6,7). The van der Waals surface area contributed by atoms with E-state index in [1.807, 2.05) is 0 Å². The summed E-state index contributed by atoms with van der Waals surface area (Å²) >= 11 is 0. The maximum Gasteiger partial charge on any atom is 0.309 e. The highest BCUT2D eigenvalue weighted by molar-refractivity contribution is 5.48. The second-order valence-corrected chi connectivity index (χ2v) is 2.00. The van der Waals surface area contributed by atoms with E-state index in [-0.39, 0.29) is 12.1 Å². The number of hydrogen-bond donors (Lipinski definition) is 2. The van der Waals surface area contributed by atoms with Crippen molar-refractivity contribution in [1.82, 2.24) is 5.32 Å². The quantitative estimate of drug-likeness (QED) is 0.460. The van der Waals surface area contributed by atoms with E-state index in [1.54, 1.807) is 6.41 Å². The van der Waals surface area contributed by atoms with Crippen molar-refractivity contribution < 1.29 is 9.90 Å². The Bertz CT molecular complexity index is 94.4. The fraction of sp³-hybridized carbons (Fsp3) is 0.800. The van der Waals surface area contributed by atoms with Gasteiger partial charge in [-0.15, -0.1) is 0 Å². The second-order valence-electron chi connectivity index (χ2n) is 2.00. The Hall–Kier alpha value is -0.570. The van der Waals surface area contributed by atoms with Gasteiger partial charge in [0.25, 0.3) is 0 Å². The van der Waals surface area contributed by atoms with Crippen LogP contribution in [0.1, 0.15) is 12.8 Å². The molecule has 2 N–H and O–H groups in total. The summed E-state index contributed by atoms with van der Waals surface area (Å²) in [7, 11) is 0.